The van der Waals surface area contributed by atoms with E-state index in [9.17, 15) is 27.9 Å². The van der Waals surface area contributed by atoms with Crippen LogP contribution in [0, 0.1) is 0 Å². The lowest BCUT2D eigenvalue weighted by molar-refractivity contribution is -0.158. The number of nitrogens with one attached hydrogen (secondary N) is 1. The minimum absolute atomic E-state index is 0.0494. The summed E-state index contributed by atoms with van der Waals surface area (Å²) in [6.07, 6.45) is -5.60. The quantitative estimate of drug-likeness (QED) is 0.756. The SMILES string of the molecule is O=C1C[C@@H](C(F)(F)F)N(C(=O)CN2CCN(c3ccc(O)cc3)CC2)c2ccccc2N1. The highest BCUT2D eigenvalue weighted by molar-refractivity contribution is 6.05. The predicted molar refractivity (Wildman–Crippen MR) is 114 cm³/mol. The normalized spacial score (nSPS) is 19.8. The van der Waals surface area contributed by atoms with Gasteiger partial charge < -0.3 is 15.3 Å². The fourth-order valence-electron chi connectivity index (χ4n) is 4.09. The van der Waals surface area contributed by atoms with Gasteiger partial charge in [0.2, 0.25) is 11.8 Å². The van der Waals surface area contributed by atoms with Gasteiger partial charge in [0, 0.05) is 31.9 Å². The first-order valence-corrected chi connectivity index (χ1v) is 10.3. The molecule has 1 saturated heterocycles. The van der Waals surface area contributed by atoms with E-state index in [1.54, 1.807) is 36.4 Å². The lowest BCUT2D eigenvalue weighted by Crippen LogP contribution is -2.55. The fraction of sp³-hybridized carbons (Fsp3) is 0.364. The van der Waals surface area contributed by atoms with Crippen molar-refractivity contribution in [2.75, 3.05) is 47.8 Å². The minimum atomic E-state index is -4.75. The molecule has 0 radical (unpaired) electrons. The number of carbonyl (C=O) groups excluding carboxylic acids is 2. The van der Waals surface area contributed by atoms with Crippen LogP contribution in [-0.2, 0) is 9.59 Å². The van der Waals surface area contributed by atoms with Crippen LogP contribution in [0.25, 0.3) is 0 Å². The molecule has 4 rings (SSSR count). The summed E-state index contributed by atoms with van der Waals surface area (Å²) in [6.45, 7) is 2.00. The second-order valence-corrected chi connectivity index (χ2v) is 7.87. The maximum Gasteiger partial charge on any atom is 0.409 e. The lowest BCUT2D eigenvalue weighted by Gasteiger charge is -2.38. The number of para-hydroxylation sites is 2. The van der Waals surface area contributed by atoms with Crippen molar-refractivity contribution in [1.29, 1.82) is 0 Å². The van der Waals surface area contributed by atoms with Gasteiger partial charge in [-0.25, -0.2) is 0 Å². The van der Waals surface area contributed by atoms with Crippen molar-refractivity contribution in [3.63, 3.8) is 0 Å². The van der Waals surface area contributed by atoms with Gasteiger partial charge in [-0.15, -0.1) is 0 Å². The lowest BCUT2D eigenvalue weighted by atomic mass is 10.1. The maximum atomic E-state index is 13.8. The number of phenols is 1. The molecular weight excluding hydrogens is 425 g/mol. The van der Waals surface area contributed by atoms with Gasteiger partial charge in [0.15, 0.2) is 0 Å². The number of aromatic hydroxyl groups is 1. The molecule has 2 aliphatic rings. The topological polar surface area (TPSA) is 76.1 Å². The Bertz CT molecular complexity index is 989. The number of halogens is 3. The Morgan fingerprint density at radius 2 is 1.69 bits per heavy atom. The van der Waals surface area contributed by atoms with Crippen molar-refractivity contribution in [2.24, 2.45) is 0 Å². The zero-order valence-electron chi connectivity index (χ0n) is 17.2. The Labute approximate surface area is 183 Å². The number of hydrogen-bond acceptors (Lipinski definition) is 5. The number of hydrogen-bond donors (Lipinski definition) is 2. The number of alkyl halides is 3. The predicted octanol–water partition coefficient (Wildman–Crippen LogP) is 2.82. The molecule has 2 aromatic rings. The third-order valence-corrected chi connectivity index (χ3v) is 5.72. The highest BCUT2D eigenvalue weighted by atomic mass is 19.4. The molecule has 1 atom stereocenters. The molecule has 0 unspecified atom stereocenters. The van der Waals surface area contributed by atoms with Crippen LogP contribution in [0.3, 0.4) is 0 Å². The molecule has 10 heteroatoms. The Morgan fingerprint density at radius 3 is 2.34 bits per heavy atom. The van der Waals surface area contributed by atoms with Crippen LogP contribution in [-0.4, -0.2) is 66.8 Å². The highest BCUT2D eigenvalue weighted by Crippen LogP contribution is 2.37. The summed E-state index contributed by atoms with van der Waals surface area (Å²) in [5, 5.41) is 11.9. The Kier molecular flexibility index (Phi) is 5.96. The molecular formula is C22H23F3N4O3. The molecule has 2 aromatic carbocycles. The summed E-state index contributed by atoms with van der Waals surface area (Å²) in [5.74, 6) is -1.31. The molecule has 7 nitrogen and oxygen atoms in total. The number of amides is 2. The average Bonchev–Trinajstić information content (AvgIpc) is 2.90. The zero-order chi connectivity index (χ0) is 22.9. The van der Waals surface area contributed by atoms with E-state index >= 15 is 0 Å². The van der Waals surface area contributed by atoms with Crippen LogP contribution in [0.4, 0.5) is 30.2 Å². The summed E-state index contributed by atoms with van der Waals surface area (Å²) >= 11 is 0. The van der Waals surface area contributed by atoms with E-state index in [2.05, 4.69) is 10.2 Å². The smallest absolute Gasteiger partial charge is 0.409 e. The van der Waals surface area contributed by atoms with Crippen LogP contribution >= 0.6 is 0 Å². The number of fused-ring (bicyclic) bond motifs is 1. The zero-order valence-corrected chi connectivity index (χ0v) is 17.2. The molecule has 1 fully saturated rings. The number of anilines is 3. The van der Waals surface area contributed by atoms with Gasteiger partial charge >= 0.3 is 6.18 Å². The van der Waals surface area contributed by atoms with Crippen LogP contribution in [0.1, 0.15) is 6.42 Å². The highest BCUT2D eigenvalue weighted by Gasteiger charge is 2.49. The van der Waals surface area contributed by atoms with E-state index in [4.69, 9.17) is 0 Å². The molecule has 170 valence electrons. The average molecular weight is 448 g/mol. The Morgan fingerprint density at radius 1 is 1.03 bits per heavy atom. The fourth-order valence-corrected chi connectivity index (χ4v) is 4.09. The maximum absolute atomic E-state index is 13.8. The number of piperazine rings is 1. The monoisotopic (exact) mass is 448 g/mol. The van der Waals surface area contributed by atoms with Crippen LogP contribution in [0.2, 0.25) is 0 Å². The van der Waals surface area contributed by atoms with Gasteiger partial charge in [-0.2, -0.15) is 13.2 Å². The van der Waals surface area contributed by atoms with Gasteiger partial charge in [-0.05, 0) is 36.4 Å². The van der Waals surface area contributed by atoms with Gasteiger partial charge in [-0.1, -0.05) is 12.1 Å². The summed E-state index contributed by atoms with van der Waals surface area (Å²) in [7, 11) is 0. The molecule has 0 bridgehead atoms. The van der Waals surface area contributed by atoms with E-state index in [0.29, 0.717) is 26.2 Å². The van der Waals surface area contributed by atoms with E-state index in [-0.39, 0.29) is 23.7 Å². The largest absolute Gasteiger partial charge is 0.508 e. The summed E-state index contributed by atoms with van der Waals surface area (Å²) in [4.78, 5) is 29.8. The molecule has 2 aliphatic heterocycles. The molecule has 0 aliphatic carbocycles. The van der Waals surface area contributed by atoms with Crippen molar-refractivity contribution >= 4 is 28.9 Å². The Hall–Kier alpha value is -3.27. The first-order chi connectivity index (χ1) is 15.2. The van der Waals surface area contributed by atoms with Crippen molar-refractivity contribution in [1.82, 2.24) is 4.90 Å². The first-order valence-electron chi connectivity index (χ1n) is 10.3. The van der Waals surface area contributed by atoms with E-state index in [1.165, 1.54) is 12.1 Å². The third kappa shape index (κ3) is 4.64. The van der Waals surface area contributed by atoms with E-state index < -0.39 is 30.5 Å². The van der Waals surface area contributed by atoms with Gasteiger partial charge in [0.1, 0.15) is 11.8 Å². The van der Waals surface area contributed by atoms with Gasteiger partial charge in [0.25, 0.3) is 0 Å². The second kappa shape index (κ2) is 8.70. The molecule has 2 amide bonds. The number of phenolic OH excluding ortho intramolecular Hbond substituents is 1. The van der Waals surface area contributed by atoms with Crippen molar-refractivity contribution < 1.29 is 27.9 Å². The Balaban J connectivity index is 1.50. The van der Waals surface area contributed by atoms with Crippen molar-refractivity contribution in [3.8, 4) is 5.75 Å². The van der Waals surface area contributed by atoms with Crippen molar-refractivity contribution in [3.05, 3.63) is 48.5 Å². The number of nitrogens with zero attached hydrogens (tertiary/aromatic N) is 3. The summed E-state index contributed by atoms with van der Waals surface area (Å²) < 4.78 is 41.5. The van der Waals surface area contributed by atoms with E-state index in [0.717, 1.165) is 10.6 Å². The van der Waals surface area contributed by atoms with Gasteiger partial charge in [0.05, 0.1) is 24.3 Å². The number of carbonyl (C=O) groups is 2. The first kappa shape index (κ1) is 21.9. The van der Waals surface area contributed by atoms with Crippen LogP contribution in [0.15, 0.2) is 48.5 Å². The number of benzene rings is 2. The summed E-state index contributed by atoms with van der Waals surface area (Å²) in [5.41, 5.74) is 1.17. The molecule has 0 saturated carbocycles. The standard InChI is InChI=1S/C22H23F3N4O3/c23-22(24,25)19-13-20(31)26-17-3-1-2-4-18(17)29(19)21(32)14-27-9-11-28(12-10-27)15-5-7-16(30)8-6-15/h1-8,19,30H,9-14H2,(H,26,31)/t19-/m0/s1. The molecule has 2 heterocycles. The molecule has 0 spiro atoms. The van der Waals surface area contributed by atoms with Crippen LogP contribution < -0.4 is 15.1 Å². The van der Waals surface area contributed by atoms with E-state index in [1.807, 2.05) is 4.90 Å². The molecule has 2 N–H and O–H groups in total. The van der Waals surface area contributed by atoms with Crippen molar-refractivity contribution in [2.45, 2.75) is 18.6 Å². The molecule has 32 heavy (non-hydrogen) atoms. The minimum Gasteiger partial charge on any atom is -0.508 e. The molecule has 0 aromatic heterocycles. The third-order valence-electron chi connectivity index (χ3n) is 5.72. The summed E-state index contributed by atoms with van der Waals surface area (Å²) in [6, 6.07) is 10.6. The second-order valence-electron chi connectivity index (χ2n) is 7.87. The van der Waals surface area contributed by atoms with Gasteiger partial charge in [-0.3, -0.25) is 19.4 Å². The van der Waals surface area contributed by atoms with Crippen LogP contribution in [0.5, 0.6) is 5.75 Å². The number of rotatable bonds is 3.